The van der Waals surface area contributed by atoms with Gasteiger partial charge < -0.3 is 29.9 Å². The SMILES string of the molecule is Cc1noc(C)c1NC(=O)Nc1ccc2c(c1)C(=O)N([C@H](C)CO)C[C@@H](C)[C@H](CN(C)S(=O)(=O)c1ccccc1)O2. The third kappa shape index (κ3) is 6.53. The Labute approximate surface area is 239 Å². The second kappa shape index (κ2) is 12.3. The predicted octanol–water partition coefficient (Wildman–Crippen LogP) is 3.48. The van der Waals surface area contributed by atoms with Crippen molar-refractivity contribution in [1.82, 2.24) is 14.4 Å². The van der Waals surface area contributed by atoms with Gasteiger partial charge in [-0.05, 0) is 51.1 Å². The van der Waals surface area contributed by atoms with Gasteiger partial charge in [0.1, 0.15) is 23.2 Å². The number of sulfonamides is 1. The zero-order chi connectivity index (χ0) is 29.9. The third-order valence-electron chi connectivity index (χ3n) is 7.08. The summed E-state index contributed by atoms with van der Waals surface area (Å²) in [6, 6.07) is 11.7. The Morgan fingerprint density at radius 1 is 1.20 bits per heavy atom. The third-order valence-corrected chi connectivity index (χ3v) is 8.92. The number of aliphatic hydroxyl groups excluding tert-OH is 1. The molecule has 0 saturated heterocycles. The topological polar surface area (TPSA) is 154 Å². The minimum absolute atomic E-state index is 0.0210. The normalized spacial score (nSPS) is 18.2. The molecule has 41 heavy (non-hydrogen) atoms. The molecule has 13 heteroatoms. The molecule has 0 bridgehead atoms. The number of urea groups is 1. The van der Waals surface area contributed by atoms with Gasteiger partial charge in [-0.2, -0.15) is 4.31 Å². The Balaban J connectivity index is 1.62. The molecule has 220 valence electrons. The van der Waals surface area contributed by atoms with Gasteiger partial charge in [-0.3, -0.25) is 4.79 Å². The number of hydrogen-bond donors (Lipinski definition) is 3. The lowest BCUT2D eigenvalue weighted by atomic mass is 9.99. The Hall–Kier alpha value is -3.94. The van der Waals surface area contributed by atoms with Crippen molar-refractivity contribution in [2.75, 3.05) is 37.4 Å². The summed E-state index contributed by atoms with van der Waals surface area (Å²) >= 11 is 0. The van der Waals surface area contributed by atoms with E-state index in [1.54, 1.807) is 56.0 Å². The molecule has 3 aromatic rings. The van der Waals surface area contributed by atoms with E-state index in [2.05, 4.69) is 15.8 Å². The highest BCUT2D eigenvalue weighted by Gasteiger charge is 2.35. The molecule has 3 amide bonds. The van der Waals surface area contributed by atoms with Crippen molar-refractivity contribution in [2.45, 2.75) is 44.7 Å². The molecule has 1 aliphatic heterocycles. The molecule has 12 nitrogen and oxygen atoms in total. The van der Waals surface area contributed by atoms with Crippen molar-refractivity contribution in [3.8, 4) is 5.75 Å². The van der Waals surface area contributed by atoms with Gasteiger partial charge in [0.05, 0.1) is 29.7 Å². The highest BCUT2D eigenvalue weighted by molar-refractivity contribution is 7.89. The Morgan fingerprint density at radius 2 is 1.90 bits per heavy atom. The summed E-state index contributed by atoms with van der Waals surface area (Å²) < 4.78 is 39.0. The fourth-order valence-corrected chi connectivity index (χ4v) is 5.78. The number of carbonyl (C=O) groups excluding carboxylic acids is 2. The zero-order valence-corrected chi connectivity index (χ0v) is 24.4. The smallest absolute Gasteiger partial charge is 0.323 e. The van der Waals surface area contributed by atoms with Crippen LogP contribution in [0.25, 0.3) is 0 Å². The first kappa shape index (κ1) is 30.0. The fraction of sp³-hybridized carbons (Fsp3) is 0.393. The Bertz CT molecular complexity index is 1490. The molecule has 0 radical (unpaired) electrons. The summed E-state index contributed by atoms with van der Waals surface area (Å²) in [5, 5.41) is 19.1. The van der Waals surface area contributed by atoms with E-state index >= 15 is 0 Å². The van der Waals surface area contributed by atoms with Crippen LogP contribution in [0.3, 0.4) is 0 Å². The maximum Gasteiger partial charge on any atom is 0.323 e. The second-order valence-electron chi connectivity index (χ2n) is 10.2. The quantitative estimate of drug-likeness (QED) is 0.363. The van der Waals surface area contributed by atoms with Gasteiger partial charge in [0, 0.05) is 25.2 Å². The van der Waals surface area contributed by atoms with E-state index in [1.165, 1.54) is 29.6 Å². The first-order chi connectivity index (χ1) is 19.4. The number of ether oxygens (including phenoxy) is 1. The maximum atomic E-state index is 13.7. The predicted molar refractivity (Wildman–Crippen MR) is 152 cm³/mol. The first-order valence-electron chi connectivity index (χ1n) is 13.2. The number of amides is 3. The van der Waals surface area contributed by atoms with Crippen LogP contribution >= 0.6 is 0 Å². The molecule has 1 aromatic heterocycles. The van der Waals surface area contributed by atoms with Crippen LogP contribution in [0.4, 0.5) is 16.2 Å². The first-order valence-corrected chi connectivity index (χ1v) is 14.6. The van der Waals surface area contributed by atoms with Gasteiger partial charge in [-0.1, -0.05) is 30.3 Å². The largest absolute Gasteiger partial charge is 0.488 e. The molecule has 0 spiro atoms. The zero-order valence-electron chi connectivity index (χ0n) is 23.6. The van der Waals surface area contributed by atoms with E-state index in [1.807, 2.05) is 6.92 Å². The lowest BCUT2D eigenvalue weighted by Crippen LogP contribution is -2.50. The van der Waals surface area contributed by atoms with E-state index in [4.69, 9.17) is 9.26 Å². The Morgan fingerprint density at radius 3 is 2.54 bits per heavy atom. The number of aryl methyl sites for hydroxylation is 2. The van der Waals surface area contributed by atoms with Crippen LogP contribution in [0, 0.1) is 19.8 Å². The van der Waals surface area contributed by atoms with E-state index < -0.39 is 28.2 Å². The molecule has 2 aromatic carbocycles. The van der Waals surface area contributed by atoms with E-state index in [-0.39, 0.29) is 47.7 Å². The van der Waals surface area contributed by atoms with Gasteiger partial charge >= 0.3 is 6.03 Å². The number of rotatable bonds is 8. The van der Waals surface area contributed by atoms with Crippen LogP contribution in [0.15, 0.2) is 57.9 Å². The minimum Gasteiger partial charge on any atom is -0.488 e. The number of likely N-dealkylation sites (N-methyl/N-ethyl adjacent to an activating group) is 1. The summed E-state index contributed by atoms with van der Waals surface area (Å²) in [7, 11) is -2.30. The molecule has 4 rings (SSSR count). The lowest BCUT2D eigenvalue weighted by Gasteiger charge is -2.38. The van der Waals surface area contributed by atoms with Crippen LogP contribution < -0.4 is 15.4 Å². The molecule has 0 aliphatic carbocycles. The fourth-order valence-electron chi connectivity index (χ4n) is 4.58. The average molecular weight is 586 g/mol. The van der Waals surface area contributed by atoms with Gasteiger partial charge in [-0.15, -0.1) is 0 Å². The van der Waals surface area contributed by atoms with Crippen molar-refractivity contribution in [2.24, 2.45) is 5.92 Å². The highest BCUT2D eigenvalue weighted by atomic mass is 32.2. The van der Waals surface area contributed by atoms with Gasteiger partial charge in [0.2, 0.25) is 10.0 Å². The minimum atomic E-state index is -3.79. The molecule has 0 fully saturated rings. The van der Waals surface area contributed by atoms with E-state index in [0.29, 0.717) is 22.8 Å². The average Bonchev–Trinajstić information content (AvgIpc) is 3.27. The van der Waals surface area contributed by atoms with E-state index in [0.717, 1.165) is 0 Å². The standard InChI is InChI=1S/C28H35N5O7S/c1-17-14-33(18(2)16-34)27(35)23-13-21(29-28(36)30-26-19(3)31-40-20(26)4)11-12-24(23)39-25(17)15-32(5)41(37,38)22-9-7-6-8-10-22/h6-13,17-18,25,34H,14-16H2,1-5H3,(H2,29,30,36)/t17-,18-,25+/m1/s1. The van der Waals surface area contributed by atoms with Crippen molar-refractivity contribution in [1.29, 1.82) is 0 Å². The number of nitrogens with one attached hydrogen (secondary N) is 2. The van der Waals surface area contributed by atoms with Crippen molar-refractivity contribution in [3.05, 3.63) is 65.5 Å². The molecule has 0 unspecified atom stereocenters. The number of fused-ring (bicyclic) bond motifs is 1. The van der Waals surface area contributed by atoms with Crippen molar-refractivity contribution >= 4 is 33.3 Å². The van der Waals surface area contributed by atoms with Gasteiger partial charge in [0.25, 0.3) is 5.91 Å². The highest BCUT2D eigenvalue weighted by Crippen LogP contribution is 2.31. The molecule has 0 saturated carbocycles. The van der Waals surface area contributed by atoms with E-state index in [9.17, 15) is 23.1 Å². The number of hydrogen-bond acceptors (Lipinski definition) is 8. The molecule has 2 heterocycles. The summed E-state index contributed by atoms with van der Waals surface area (Å²) in [5.74, 6) is 0.0244. The number of carbonyl (C=O) groups is 2. The lowest BCUT2D eigenvalue weighted by molar-refractivity contribution is 0.0387. The second-order valence-corrected chi connectivity index (χ2v) is 12.3. The molecule has 3 N–H and O–H groups in total. The van der Waals surface area contributed by atoms with Crippen LogP contribution in [0.1, 0.15) is 35.7 Å². The van der Waals surface area contributed by atoms with Crippen LogP contribution in [0.2, 0.25) is 0 Å². The summed E-state index contributed by atoms with van der Waals surface area (Å²) in [5.41, 5.74) is 1.47. The van der Waals surface area contributed by atoms with Crippen LogP contribution in [-0.4, -0.2) is 78.7 Å². The molecular formula is C28H35N5O7S. The summed E-state index contributed by atoms with van der Waals surface area (Å²) in [4.78, 5) is 28.1. The molecular weight excluding hydrogens is 550 g/mol. The summed E-state index contributed by atoms with van der Waals surface area (Å²) in [6.45, 7) is 6.95. The molecule has 1 aliphatic rings. The van der Waals surface area contributed by atoms with Crippen LogP contribution in [-0.2, 0) is 10.0 Å². The van der Waals surface area contributed by atoms with Crippen molar-refractivity contribution in [3.63, 3.8) is 0 Å². The van der Waals surface area contributed by atoms with Crippen molar-refractivity contribution < 1.29 is 32.4 Å². The Kier molecular flexibility index (Phi) is 9.00. The molecule has 3 atom stereocenters. The van der Waals surface area contributed by atoms with Gasteiger partial charge in [0.15, 0.2) is 5.76 Å². The van der Waals surface area contributed by atoms with Gasteiger partial charge in [-0.25, -0.2) is 13.2 Å². The summed E-state index contributed by atoms with van der Waals surface area (Å²) in [6.07, 6.45) is -0.625. The maximum absolute atomic E-state index is 13.7. The number of aliphatic hydroxyl groups is 1. The number of anilines is 2. The number of aromatic nitrogens is 1. The van der Waals surface area contributed by atoms with Crippen LogP contribution in [0.5, 0.6) is 5.75 Å². The number of nitrogens with zero attached hydrogens (tertiary/aromatic N) is 3. The monoisotopic (exact) mass is 585 g/mol. The number of benzene rings is 2.